The van der Waals surface area contributed by atoms with Gasteiger partial charge >= 0.3 is 0 Å². The maximum atomic E-state index is 5.78. The fourth-order valence-electron chi connectivity index (χ4n) is 2.32. The quantitative estimate of drug-likeness (QED) is 0.734. The van der Waals surface area contributed by atoms with Gasteiger partial charge in [-0.2, -0.15) is 0 Å². The Morgan fingerprint density at radius 2 is 2.14 bits per heavy atom. The monoisotopic (exact) mass is 198 g/mol. The van der Waals surface area contributed by atoms with Gasteiger partial charge in [0.25, 0.3) is 0 Å². The van der Waals surface area contributed by atoms with Crippen molar-refractivity contribution in [3.05, 3.63) is 0 Å². The summed E-state index contributed by atoms with van der Waals surface area (Å²) in [6.45, 7) is 7.99. The highest BCUT2D eigenvalue weighted by Crippen LogP contribution is 2.17. The topological polar surface area (TPSA) is 29.3 Å². The predicted molar refractivity (Wildman–Crippen MR) is 62.3 cm³/mol. The number of nitrogens with zero attached hydrogens (tertiary/aromatic N) is 1. The molecule has 0 aromatic heterocycles. The Morgan fingerprint density at radius 1 is 1.36 bits per heavy atom. The SMILES string of the molecule is CC(C)CCCN1CCCCC1CN. The van der Waals surface area contributed by atoms with Crippen molar-refractivity contribution in [2.45, 2.75) is 52.0 Å². The van der Waals surface area contributed by atoms with Crippen LogP contribution in [-0.2, 0) is 0 Å². The molecule has 0 saturated carbocycles. The van der Waals surface area contributed by atoms with Crippen molar-refractivity contribution in [1.29, 1.82) is 0 Å². The summed E-state index contributed by atoms with van der Waals surface area (Å²) in [4.78, 5) is 2.60. The molecule has 2 N–H and O–H groups in total. The third-order valence-corrected chi connectivity index (χ3v) is 3.25. The van der Waals surface area contributed by atoms with Gasteiger partial charge in [0, 0.05) is 12.6 Å². The smallest absolute Gasteiger partial charge is 0.0218 e. The number of hydrogen-bond donors (Lipinski definition) is 1. The average molecular weight is 198 g/mol. The number of hydrogen-bond acceptors (Lipinski definition) is 2. The molecule has 0 amide bonds. The van der Waals surface area contributed by atoms with Crippen LogP contribution in [0.1, 0.15) is 46.0 Å². The van der Waals surface area contributed by atoms with Crippen LogP contribution in [0.3, 0.4) is 0 Å². The number of nitrogens with two attached hydrogens (primary N) is 1. The van der Waals surface area contributed by atoms with Gasteiger partial charge in [-0.25, -0.2) is 0 Å². The molecule has 1 fully saturated rings. The normalized spacial score (nSPS) is 24.4. The Morgan fingerprint density at radius 3 is 2.79 bits per heavy atom. The van der Waals surface area contributed by atoms with Crippen molar-refractivity contribution in [3.63, 3.8) is 0 Å². The third-order valence-electron chi connectivity index (χ3n) is 3.25. The minimum absolute atomic E-state index is 0.677. The zero-order valence-electron chi connectivity index (χ0n) is 9.84. The Labute approximate surface area is 88.8 Å². The van der Waals surface area contributed by atoms with E-state index in [4.69, 9.17) is 5.73 Å². The van der Waals surface area contributed by atoms with Crippen LogP contribution in [0.15, 0.2) is 0 Å². The molecule has 1 aliphatic rings. The Balaban J connectivity index is 2.19. The van der Waals surface area contributed by atoms with E-state index in [2.05, 4.69) is 18.7 Å². The van der Waals surface area contributed by atoms with E-state index >= 15 is 0 Å². The maximum Gasteiger partial charge on any atom is 0.0218 e. The highest BCUT2D eigenvalue weighted by Gasteiger charge is 2.19. The maximum absolute atomic E-state index is 5.78. The van der Waals surface area contributed by atoms with E-state index in [1.165, 1.54) is 45.2 Å². The minimum atomic E-state index is 0.677. The van der Waals surface area contributed by atoms with Crippen molar-refractivity contribution in [2.75, 3.05) is 19.6 Å². The molecule has 2 nitrogen and oxygen atoms in total. The first kappa shape index (κ1) is 12.0. The lowest BCUT2D eigenvalue weighted by atomic mass is 10.0. The molecule has 0 aromatic carbocycles. The fraction of sp³-hybridized carbons (Fsp3) is 1.00. The molecule has 0 aliphatic carbocycles. The molecule has 1 saturated heterocycles. The summed E-state index contributed by atoms with van der Waals surface area (Å²) >= 11 is 0. The van der Waals surface area contributed by atoms with Gasteiger partial charge in [-0.1, -0.05) is 20.3 Å². The lowest BCUT2D eigenvalue weighted by molar-refractivity contribution is 0.148. The summed E-state index contributed by atoms with van der Waals surface area (Å²) in [5.41, 5.74) is 5.78. The van der Waals surface area contributed by atoms with Gasteiger partial charge in [0.15, 0.2) is 0 Å². The summed E-state index contributed by atoms with van der Waals surface area (Å²) in [6, 6.07) is 0.677. The molecule has 1 aliphatic heterocycles. The van der Waals surface area contributed by atoms with Gasteiger partial charge in [0.1, 0.15) is 0 Å². The van der Waals surface area contributed by atoms with Crippen LogP contribution in [0.5, 0.6) is 0 Å². The average Bonchev–Trinajstić information content (AvgIpc) is 2.18. The van der Waals surface area contributed by atoms with Crippen molar-refractivity contribution in [2.24, 2.45) is 11.7 Å². The summed E-state index contributed by atoms with van der Waals surface area (Å²) in [5.74, 6) is 0.844. The van der Waals surface area contributed by atoms with Crippen molar-refractivity contribution >= 4 is 0 Å². The molecular weight excluding hydrogens is 172 g/mol. The van der Waals surface area contributed by atoms with Crippen LogP contribution < -0.4 is 5.73 Å². The summed E-state index contributed by atoms with van der Waals surface area (Å²) in [5, 5.41) is 0. The number of rotatable bonds is 5. The standard InChI is InChI=1S/C12H26N2/c1-11(2)6-5-9-14-8-4-3-7-12(14)10-13/h11-12H,3-10,13H2,1-2H3. The van der Waals surface area contributed by atoms with Gasteiger partial charge in [0.2, 0.25) is 0 Å². The molecule has 84 valence electrons. The molecular formula is C12H26N2. The third kappa shape index (κ3) is 3.97. The predicted octanol–water partition coefficient (Wildman–Crippen LogP) is 2.24. The molecule has 0 aromatic rings. The first-order valence-electron chi connectivity index (χ1n) is 6.18. The summed E-state index contributed by atoms with van der Waals surface area (Å²) in [6.07, 6.45) is 6.76. The van der Waals surface area contributed by atoms with Crippen molar-refractivity contribution in [3.8, 4) is 0 Å². The highest BCUT2D eigenvalue weighted by atomic mass is 15.2. The van der Waals surface area contributed by atoms with Gasteiger partial charge in [0.05, 0.1) is 0 Å². The van der Waals surface area contributed by atoms with Crippen molar-refractivity contribution in [1.82, 2.24) is 4.90 Å². The molecule has 1 rings (SSSR count). The molecule has 1 unspecified atom stereocenters. The fourth-order valence-corrected chi connectivity index (χ4v) is 2.32. The summed E-state index contributed by atoms with van der Waals surface area (Å²) < 4.78 is 0. The highest BCUT2D eigenvalue weighted by molar-refractivity contribution is 4.77. The largest absolute Gasteiger partial charge is 0.329 e. The van der Waals surface area contributed by atoms with Crippen LogP contribution in [-0.4, -0.2) is 30.6 Å². The molecule has 0 bridgehead atoms. The van der Waals surface area contributed by atoms with Crippen LogP contribution in [0.4, 0.5) is 0 Å². The minimum Gasteiger partial charge on any atom is -0.329 e. The molecule has 14 heavy (non-hydrogen) atoms. The first-order valence-corrected chi connectivity index (χ1v) is 6.18. The summed E-state index contributed by atoms with van der Waals surface area (Å²) in [7, 11) is 0. The van der Waals surface area contributed by atoms with E-state index in [0.717, 1.165) is 12.5 Å². The van der Waals surface area contributed by atoms with Gasteiger partial charge in [-0.3, -0.25) is 4.90 Å². The Kier molecular flexibility index (Phi) is 5.49. The van der Waals surface area contributed by atoms with Crippen LogP contribution >= 0.6 is 0 Å². The number of piperidine rings is 1. The van der Waals surface area contributed by atoms with Crippen LogP contribution in [0, 0.1) is 5.92 Å². The molecule has 1 atom stereocenters. The zero-order chi connectivity index (χ0) is 10.4. The second-order valence-corrected chi connectivity index (χ2v) is 4.96. The number of likely N-dealkylation sites (tertiary alicyclic amines) is 1. The van der Waals surface area contributed by atoms with Crippen LogP contribution in [0.2, 0.25) is 0 Å². The second-order valence-electron chi connectivity index (χ2n) is 4.96. The molecule has 0 radical (unpaired) electrons. The van der Waals surface area contributed by atoms with Gasteiger partial charge < -0.3 is 5.73 Å². The lowest BCUT2D eigenvalue weighted by Crippen LogP contribution is -2.44. The van der Waals surface area contributed by atoms with Crippen LogP contribution in [0.25, 0.3) is 0 Å². The Bertz CT molecular complexity index is 145. The van der Waals surface area contributed by atoms with E-state index in [0.29, 0.717) is 6.04 Å². The van der Waals surface area contributed by atoms with E-state index in [1.54, 1.807) is 0 Å². The Hall–Kier alpha value is -0.0800. The van der Waals surface area contributed by atoms with E-state index in [-0.39, 0.29) is 0 Å². The molecule has 0 spiro atoms. The van der Waals surface area contributed by atoms with E-state index < -0.39 is 0 Å². The first-order chi connectivity index (χ1) is 6.74. The van der Waals surface area contributed by atoms with Gasteiger partial charge in [-0.15, -0.1) is 0 Å². The molecule has 2 heteroatoms. The zero-order valence-corrected chi connectivity index (χ0v) is 9.84. The second kappa shape index (κ2) is 6.41. The van der Waals surface area contributed by atoms with E-state index in [9.17, 15) is 0 Å². The van der Waals surface area contributed by atoms with E-state index in [1.807, 2.05) is 0 Å². The lowest BCUT2D eigenvalue weighted by Gasteiger charge is -2.35. The van der Waals surface area contributed by atoms with Gasteiger partial charge in [-0.05, 0) is 44.7 Å². The molecule has 1 heterocycles. The van der Waals surface area contributed by atoms with Crippen molar-refractivity contribution < 1.29 is 0 Å².